The van der Waals surface area contributed by atoms with E-state index in [-0.39, 0.29) is 5.78 Å². The third kappa shape index (κ3) is 3.38. The molecule has 1 rings (SSSR count). The highest BCUT2D eigenvalue weighted by molar-refractivity contribution is 5.75. The zero-order chi connectivity index (χ0) is 13.6. The molecule has 5 heteroatoms. The fraction of sp³-hybridized carbons (Fsp3) is 0.769. The van der Waals surface area contributed by atoms with Gasteiger partial charge in [-0.1, -0.05) is 19.0 Å². The molecule has 0 radical (unpaired) electrons. The Morgan fingerprint density at radius 1 is 1.33 bits per heavy atom. The zero-order valence-electron chi connectivity index (χ0n) is 11.7. The smallest absolute Gasteiger partial charge is 0.227 e. The standard InChI is InChI=1S/C13H22N2O3/c1-5-13(6-2,17-7-3)12-14-11(18-15-12)9-8-10(4)16/h5-9H2,1-4H3. The molecular weight excluding hydrogens is 232 g/mol. The van der Waals surface area contributed by atoms with Crippen molar-refractivity contribution in [3.8, 4) is 0 Å². The van der Waals surface area contributed by atoms with Gasteiger partial charge in [0.1, 0.15) is 11.4 Å². The van der Waals surface area contributed by atoms with Crippen LogP contribution in [0, 0.1) is 0 Å². The van der Waals surface area contributed by atoms with Gasteiger partial charge in [-0.3, -0.25) is 0 Å². The predicted octanol–water partition coefficient (Wildman–Crippen LogP) is 2.64. The van der Waals surface area contributed by atoms with Gasteiger partial charge in [-0.25, -0.2) is 0 Å². The van der Waals surface area contributed by atoms with Gasteiger partial charge in [0.15, 0.2) is 0 Å². The minimum absolute atomic E-state index is 0.122. The van der Waals surface area contributed by atoms with Crippen LogP contribution in [0.25, 0.3) is 0 Å². The van der Waals surface area contributed by atoms with Gasteiger partial charge in [-0.15, -0.1) is 0 Å². The molecule has 0 amide bonds. The van der Waals surface area contributed by atoms with Crippen LogP contribution >= 0.6 is 0 Å². The van der Waals surface area contributed by atoms with Crippen LogP contribution in [0.2, 0.25) is 0 Å². The van der Waals surface area contributed by atoms with Gasteiger partial charge in [0.25, 0.3) is 0 Å². The van der Waals surface area contributed by atoms with E-state index in [1.165, 1.54) is 0 Å². The quantitative estimate of drug-likeness (QED) is 0.713. The molecule has 18 heavy (non-hydrogen) atoms. The second-order valence-electron chi connectivity index (χ2n) is 4.35. The van der Waals surface area contributed by atoms with Crippen LogP contribution in [0.3, 0.4) is 0 Å². The summed E-state index contributed by atoms with van der Waals surface area (Å²) in [4.78, 5) is 15.3. The summed E-state index contributed by atoms with van der Waals surface area (Å²) in [5.74, 6) is 1.22. The molecule has 0 bridgehead atoms. The molecule has 102 valence electrons. The zero-order valence-corrected chi connectivity index (χ0v) is 11.7. The summed E-state index contributed by atoms with van der Waals surface area (Å²) < 4.78 is 11.0. The average molecular weight is 254 g/mol. The van der Waals surface area contributed by atoms with Gasteiger partial charge in [-0.05, 0) is 26.7 Å². The van der Waals surface area contributed by atoms with E-state index in [0.717, 1.165) is 12.8 Å². The number of hydrogen-bond donors (Lipinski definition) is 0. The average Bonchev–Trinajstić information content (AvgIpc) is 2.83. The van der Waals surface area contributed by atoms with Crippen molar-refractivity contribution in [2.75, 3.05) is 6.61 Å². The number of ether oxygens (including phenoxy) is 1. The van der Waals surface area contributed by atoms with E-state index in [1.54, 1.807) is 6.92 Å². The van der Waals surface area contributed by atoms with Gasteiger partial charge in [-0.2, -0.15) is 4.98 Å². The topological polar surface area (TPSA) is 65.2 Å². The van der Waals surface area contributed by atoms with Gasteiger partial charge in [0.2, 0.25) is 11.7 Å². The number of ketones is 1. The second kappa shape index (κ2) is 6.64. The van der Waals surface area contributed by atoms with Crippen LogP contribution < -0.4 is 0 Å². The van der Waals surface area contributed by atoms with E-state index in [0.29, 0.717) is 31.2 Å². The molecule has 0 saturated carbocycles. The van der Waals surface area contributed by atoms with Crippen LogP contribution in [0.5, 0.6) is 0 Å². The maximum absolute atomic E-state index is 10.9. The Labute approximate surface area is 108 Å². The lowest BCUT2D eigenvalue weighted by Gasteiger charge is -2.27. The van der Waals surface area contributed by atoms with Crippen LogP contribution in [0.1, 0.15) is 58.7 Å². The fourth-order valence-corrected chi connectivity index (χ4v) is 1.94. The number of Topliss-reactive ketones (excluding diaryl/α,β-unsaturated/α-hetero) is 1. The van der Waals surface area contributed by atoms with Crippen molar-refractivity contribution in [1.29, 1.82) is 0 Å². The van der Waals surface area contributed by atoms with Crippen molar-refractivity contribution < 1.29 is 14.1 Å². The summed E-state index contributed by atoms with van der Waals surface area (Å²) in [6, 6.07) is 0. The van der Waals surface area contributed by atoms with Gasteiger partial charge >= 0.3 is 0 Å². The molecule has 1 aromatic rings. The molecule has 0 fully saturated rings. The Morgan fingerprint density at radius 2 is 2.00 bits per heavy atom. The minimum Gasteiger partial charge on any atom is -0.367 e. The molecule has 1 heterocycles. The van der Waals surface area contributed by atoms with Gasteiger partial charge < -0.3 is 14.1 Å². The van der Waals surface area contributed by atoms with E-state index >= 15 is 0 Å². The monoisotopic (exact) mass is 254 g/mol. The summed E-state index contributed by atoms with van der Waals surface area (Å²) in [6.07, 6.45) is 2.52. The first-order valence-electron chi connectivity index (χ1n) is 6.54. The molecule has 0 N–H and O–H groups in total. The van der Waals surface area contributed by atoms with E-state index in [1.807, 2.05) is 20.8 Å². The molecule has 0 unspecified atom stereocenters. The Balaban J connectivity index is 2.83. The largest absolute Gasteiger partial charge is 0.367 e. The number of nitrogens with zero attached hydrogens (tertiary/aromatic N) is 2. The van der Waals surface area contributed by atoms with Crippen molar-refractivity contribution in [2.24, 2.45) is 0 Å². The molecule has 1 aromatic heterocycles. The van der Waals surface area contributed by atoms with Crippen LogP contribution in [-0.2, 0) is 21.6 Å². The fourth-order valence-electron chi connectivity index (χ4n) is 1.94. The SMILES string of the molecule is CCOC(CC)(CC)c1noc(CCC(C)=O)n1. The predicted molar refractivity (Wildman–Crippen MR) is 67.2 cm³/mol. The summed E-state index contributed by atoms with van der Waals surface area (Å²) in [5, 5.41) is 4.00. The number of aryl methyl sites for hydroxylation is 1. The highest BCUT2D eigenvalue weighted by atomic mass is 16.5. The van der Waals surface area contributed by atoms with E-state index in [2.05, 4.69) is 10.1 Å². The van der Waals surface area contributed by atoms with Gasteiger partial charge in [0.05, 0.1) is 0 Å². The molecule has 0 aromatic carbocycles. The van der Waals surface area contributed by atoms with Gasteiger partial charge in [0, 0.05) is 19.4 Å². The van der Waals surface area contributed by atoms with Crippen LogP contribution in [-0.4, -0.2) is 22.5 Å². The molecule has 0 aliphatic rings. The number of carbonyl (C=O) groups is 1. The van der Waals surface area contributed by atoms with Crippen LogP contribution in [0.4, 0.5) is 0 Å². The maximum atomic E-state index is 10.9. The molecule has 0 aliphatic heterocycles. The first-order chi connectivity index (χ1) is 8.57. The first kappa shape index (κ1) is 14.8. The first-order valence-corrected chi connectivity index (χ1v) is 6.54. The minimum atomic E-state index is -0.466. The summed E-state index contributed by atoms with van der Waals surface area (Å²) in [5.41, 5.74) is -0.466. The molecule has 5 nitrogen and oxygen atoms in total. The Kier molecular flexibility index (Phi) is 5.47. The Bertz CT molecular complexity index is 383. The number of aromatic nitrogens is 2. The number of hydrogen-bond acceptors (Lipinski definition) is 5. The van der Waals surface area contributed by atoms with Crippen molar-refractivity contribution in [3.05, 3.63) is 11.7 Å². The van der Waals surface area contributed by atoms with E-state index in [9.17, 15) is 4.79 Å². The lowest BCUT2D eigenvalue weighted by atomic mass is 9.96. The lowest BCUT2D eigenvalue weighted by Crippen LogP contribution is -2.29. The molecule has 0 aliphatic carbocycles. The molecule has 0 saturated heterocycles. The van der Waals surface area contributed by atoms with Crippen molar-refractivity contribution >= 4 is 5.78 Å². The van der Waals surface area contributed by atoms with Crippen molar-refractivity contribution in [2.45, 2.75) is 59.0 Å². The third-order valence-corrected chi connectivity index (χ3v) is 3.13. The number of rotatable bonds is 8. The summed E-state index contributed by atoms with van der Waals surface area (Å²) in [6.45, 7) is 8.21. The van der Waals surface area contributed by atoms with Crippen molar-refractivity contribution in [3.63, 3.8) is 0 Å². The third-order valence-electron chi connectivity index (χ3n) is 3.13. The Hall–Kier alpha value is -1.23. The lowest BCUT2D eigenvalue weighted by molar-refractivity contribution is -0.117. The molecule has 0 spiro atoms. The maximum Gasteiger partial charge on any atom is 0.227 e. The molecule has 0 atom stereocenters. The number of carbonyl (C=O) groups excluding carboxylic acids is 1. The van der Waals surface area contributed by atoms with Crippen molar-refractivity contribution in [1.82, 2.24) is 10.1 Å². The summed E-state index contributed by atoms with van der Waals surface area (Å²) >= 11 is 0. The second-order valence-corrected chi connectivity index (χ2v) is 4.35. The molecular formula is C13H22N2O3. The normalized spacial score (nSPS) is 11.8. The summed E-state index contributed by atoms with van der Waals surface area (Å²) in [7, 11) is 0. The van der Waals surface area contributed by atoms with E-state index < -0.39 is 5.60 Å². The Morgan fingerprint density at radius 3 is 2.50 bits per heavy atom. The highest BCUT2D eigenvalue weighted by Crippen LogP contribution is 2.30. The highest BCUT2D eigenvalue weighted by Gasteiger charge is 2.34. The van der Waals surface area contributed by atoms with Crippen LogP contribution in [0.15, 0.2) is 4.52 Å². The van der Waals surface area contributed by atoms with E-state index in [4.69, 9.17) is 9.26 Å².